The zero-order chi connectivity index (χ0) is 10.7. The monoisotopic (exact) mass is 202 g/mol. The van der Waals surface area contributed by atoms with E-state index < -0.39 is 0 Å². The fourth-order valence-electron chi connectivity index (χ4n) is 1.52. The number of aromatic nitrogens is 2. The molecule has 0 saturated carbocycles. The van der Waals surface area contributed by atoms with Gasteiger partial charge < -0.3 is 4.42 Å². The van der Waals surface area contributed by atoms with Gasteiger partial charge in [-0.2, -0.15) is 0 Å². The average Bonchev–Trinajstić information content (AvgIpc) is 2.67. The molecule has 2 rings (SSSR count). The van der Waals surface area contributed by atoms with Crippen LogP contribution < -0.4 is 0 Å². The van der Waals surface area contributed by atoms with Crippen molar-refractivity contribution in [3.8, 4) is 11.5 Å². The number of hydrogen-bond donors (Lipinski definition) is 0. The van der Waals surface area contributed by atoms with E-state index in [0.29, 0.717) is 11.8 Å². The van der Waals surface area contributed by atoms with Crippen LogP contribution in [0.2, 0.25) is 0 Å². The van der Waals surface area contributed by atoms with Crippen molar-refractivity contribution in [3.63, 3.8) is 0 Å². The Kier molecular flexibility index (Phi) is 2.81. The number of rotatable bonds is 3. The van der Waals surface area contributed by atoms with Gasteiger partial charge in [-0.15, -0.1) is 10.2 Å². The van der Waals surface area contributed by atoms with Crippen molar-refractivity contribution in [1.29, 1.82) is 0 Å². The Bertz CT molecular complexity index is 431. The molecule has 0 aliphatic rings. The molecule has 0 radical (unpaired) electrons. The van der Waals surface area contributed by atoms with E-state index in [2.05, 4.69) is 29.3 Å². The largest absolute Gasteiger partial charge is 0.421 e. The molecule has 1 aromatic carbocycles. The molecule has 0 amide bonds. The molecule has 0 fully saturated rings. The first kappa shape index (κ1) is 9.90. The minimum atomic E-state index is 0.593. The maximum absolute atomic E-state index is 5.35. The molecule has 0 N–H and O–H groups in total. The Labute approximate surface area is 89.2 Å². The van der Waals surface area contributed by atoms with Crippen molar-refractivity contribution in [2.24, 2.45) is 0 Å². The standard InChI is InChI=1S/C12H14N2O/c1-3-4-10-5-7-11(8-6-10)12-14-13-9(2)15-12/h5-8H,3-4H2,1-2H3. The molecule has 1 aromatic heterocycles. The lowest BCUT2D eigenvalue weighted by Gasteiger charge is -1.99. The normalized spacial score (nSPS) is 10.5. The number of benzene rings is 1. The minimum absolute atomic E-state index is 0.593. The Balaban J connectivity index is 2.23. The SMILES string of the molecule is CCCc1ccc(-c2nnc(C)o2)cc1. The lowest BCUT2D eigenvalue weighted by molar-refractivity contribution is 0.533. The zero-order valence-corrected chi connectivity index (χ0v) is 9.03. The molecule has 1 heterocycles. The smallest absolute Gasteiger partial charge is 0.247 e. The second-order valence-electron chi connectivity index (χ2n) is 3.57. The maximum Gasteiger partial charge on any atom is 0.247 e. The van der Waals surface area contributed by atoms with E-state index in [4.69, 9.17) is 4.42 Å². The molecule has 0 aliphatic carbocycles. The van der Waals surface area contributed by atoms with Crippen molar-refractivity contribution in [2.45, 2.75) is 26.7 Å². The predicted octanol–water partition coefficient (Wildman–Crippen LogP) is 3.00. The summed E-state index contributed by atoms with van der Waals surface area (Å²) in [6, 6.07) is 8.27. The second kappa shape index (κ2) is 4.26. The predicted molar refractivity (Wildman–Crippen MR) is 58.5 cm³/mol. The second-order valence-corrected chi connectivity index (χ2v) is 3.57. The van der Waals surface area contributed by atoms with Crippen LogP contribution in [-0.4, -0.2) is 10.2 Å². The first-order valence-corrected chi connectivity index (χ1v) is 5.19. The molecule has 0 aliphatic heterocycles. The van der Waals surface area contributed by atoms with Crippen molar-refractivity contribution >= 4 is 0 Å². The molecule has 78 valence electrons. The van der Waals surface area contributed by atoms with Gasteiger partial charge in [-0.25, -0.2) is 0 Å². The van der Waals surface area contributed by atoms with Crippen molar-refractivity contribution in [1.82, 2.24) is 10.2 Å². The molecular weight excluding hydrogens is 188 g/mol. The van der Waals surface area contributed by atoms with Gasteiger partial charge in [0.15, 0.2) is 0 Å². The molecule has 0 saturated heterocycles. The number of hydrogen-bond acceptors (Lipinski definition) is 3. The summed E-state index contributed by atoms with van der Waals surface area (Å²) >= 11 is 0. The summed E-state index contributed by atoms with van der Waals surface area (Å²) < 4.78 is 5.35. The van der Waals surface area contributed by atoms with E-state index in [-0.39, 0.29) is 0 Å². The van der Waals surface area contributed by atoms with Crippen LogP contribution in [0.25, 0.3) is 11.5 Å². The molecular formula is C12H14N2O. The summed E-state index contributed by atoms with van der Waals surface area (Å²) in [5.74, 6) is 1.19. The van der Waals surface area contributed by atoms with Crippen molar-refractivity contribution < 1.29 is 4.42 Å². The van der Waals surface area contributed by atoms with Crippen molar-refractivity contribution in [2.75, 3.05) is 0 Å². The molecule has 2 aromatic rings. The lowest BCUT2D eigenvalue weighted by atomic mass is 10.1. The average molecular weight is 202 g/mol. The zero-order valence-electron chi connectivity index (χ0n) is 9.03. The third-order valence-corrected chi connectivity index (χ3v) is 2.27. The molecule has 0 unspecified atom stereocenters. The summed E-state index contributed by atoms with van der Waals surface area (Å²) in [6.07, 6.45) is 2.28. The molecule has 0 bridgehead atoms. The van der Waals surface area contributed by atoms with E-state index in [9.17, 15) is 0 Å². The Morgan fingerprint density at radius 2 is 1.87 bits per heavy atom. The summed E-state index contributed by atoms with van der Waals surface area (Å²) in [7, 11) is 0. The van der Waals surface area contributed by atoms with Gasteiger partial charge in [0.05, 0.1) is 0 Å². The lowest BCUT2D eigenvalue weighted by Crippen LogP contribution is -1.83. The van der Waals surface area contributed by atoms with E-state index in [1.54, 1.807) is 6.92 Å². The van der Waals surface area contributed by atoms with Crippen LogP contribution in [0.3, 0.4) is 0 Å². The third-order valence-electron chi connectivity index (χ3n) is 2.27. The van der Waals surface area contributed by atoms with Gasteiger partial charge in [0, 0.05) is 12.5 Å². The van der Waals surface area contributed by atoms with E-state index in [0.717, 1.165) is 12.0 Å². The third kappa shape index (κ3) is 2.24. The minimum Gasteiger partial charge on any atom is -0.421 e. The molecule has 0 spiro atoms. The highest BCUT2D eigenvalue weighted by Crippen LogP contribution is 2.18. The first-order chi connectivity index (χ1) is 7.29. The van der Waals surface area contributed by atoms with Gasteiger partial charge in [-0.05, 0) is 24.1 Å². The maximum atomic E-state index is 5.35. The quantitative estimate of drug-likeness (QED) is 0.768. The van der Waals surface area contributed by atoms with Gasteiger partial charge in [-0.3, -0.25) is 0 Å². The van der Waals surface area contributed by atoms with Crippen LogP contribution in [0, 0.1) is 6.92 Å². The highest BCUT2D eigenvalue weighted by molar-refractivity contribution is 5.52. The molecule has 15 heavy (non-hydrogen) atoms. The topological polar surface area (TPSA) is 38.9 Å². The van der Waals surface area contributed by atoms with Gasteiger partial charge in [0.1, 0.15) is 0 Å². The van der Waals surface area contributed by atoms with E-state index in [1.807, 2.05) is 12.1 Å². The van der Waals surface area contributed by atoms with Crippen LogP contribution in [0.15, 0.2) is 28.7 Å². The summed E-state index contributed by atoms with van der Waals surface area (Å²) in [5.41, 5.74) is 2.33. The summed E-state index contributed by atoms with van der Waals surface area (Å²) in [5, 5.41) is 7.78. The fraction of sp³-hybridized carbons (Fsp3) is 0.333. The van der Waals surface area contributed by atoms with Crippen LogP contribution in [0.4, 0.5) is 0 Å². The molecule has 0 atom stereocenters. The van der Waals surface area contributed by atoms with Crippen LogP contribution in [0.5, 0.6) is 0 Å². The van der Waals surface area contributed by atoms with Gasteiger partial charge in [0.25, 0.3) is 0 Å². The van der Waals surface area contributed by atoms with Crippen LogP contribution >= 0.6 is 0 Å². The van der Waals surface area contributed by atoms with Crippen LogP contribution in [0.1, 0.15) is 24.8 Å². The Hall–Kier alpha value is -1.64. The Morgan fingerprint density at radius 3 is 2.40 bits per heavy atom. The molecule has 3 nitrogen and oxygen atoms in total. The summed E-state index contributed by atoms with van der Waals surface area (Å²) in [4.78, 5) is 0. The number of aryl methyl sites for hydroxylation is 2. The highest BCUT2D eigenvalue weighted by atomic mass is 16.4. The van der Waals surface area contributed by atoms with E-state index >= 15 is 0 Å². The molecule has 3 heteroatoms. The summed E-state index contributed by atoms with van der Waals surface area (Å²) in [6.45, 7) is 3.97. The van der Waals surface area contributed by atoms with Gasteiger partial charge in [0.2, 0.25) is 11.8 Å². The van der Waals surface area contributed by atoms with E-state index in [1.165, 1.54) is 12.0 Å². The van der Waals surface area contributed by atoms with Crippen molar-refractivity contribution in [3.05, 3.63) is 35.7 Å². The Morgan fingerprint density at radius 1 is 1.13 bits per heavy atom. The fourth-order valence-corrected chi connectivity index (χ4v) is 1.52. The van der Waals surface area contributed by atoms with Crippen LogP contribution in [-0.2, 0) is 6.42 Å². The van der Waals surface area contributed by atoms with Gasteiger partial charge >= 0.3 is 0 Å². The highest BCUT2D eigenvalue weighted by Gasteiger charge is 2.04. The first-order valence-electron chi connectivity index (χ1n) is 5.19. The van der Waals surface area contributed by atoms with Gasteiger partial charge in [-0.1, -0.05) is 25.5 Å². The number of nitrogens with zero attached hydrogens (tertiary/aromatic N) is 2.